The zero-order valence-corrected chi connectivity index (χ0v) is 12.3. The van der Waals surface area contributed by atoms with E-state index < -0.39 is 11.5 Å². The molecule has 6 heteroatoms. The Bertz CT molecular complexity index is 572. The molecule has 0 bridgehead atoms. The Kier molecular flexibility index (Phi) is 4.86. The molecule has 1 aromatic carbocycles. The lowest BCUT2D eigenvalue weighted by Crippen LogP contribution is -2.45. The minimum atomic E-state index is -0.971. The van der Waals surface area contributed by atoms with E-state index in [1.54, 1.807) is 12.1 Å². The van der Waals surface area contributed by atoms with E-state index >= 15 is 0 Å². The molecule has 2 N–H and O–H groups in total. The van der Waals surface area contributed by atoms with E-state index in [9.17, 15) is 14.9 Å². The lowest BCUT2D eigenvalue weighted by molar-refractivity contribution is -0.119. The summed E-state index contributed by atoms with van der Waals surface area (Å²) in [5, 5.41) is 20.8. The van der Waals surface area contributed by atoms with Gasteiger partial charge >= 0.3 is 5.97 Å². The van der Waals surface area contributed by atoms with Crippen LogP contribution in [0.3, 0.4) is 0 Å². The number of carbonyl (C=O) groups is 2. The van der Waals surface area contributed by atoms with Crippen molar-refractivity contribution in [3.63, 3.8) is 0 Å². The largest absolute Gasteiger partial charge is 0.478 e. The number of nitrogens with one attached hydrogen (secondary N) is 1. The second-order valence-electron chi connectivity index (χ2n) is 5.07. The first-order valence-electron chi connectivity index (χ1n) is 6.73. The number of hydrogen-bond donors (Lipinski definition) is 2. The van der Waals surface area contributed by atoms with Crippen LogP contribution in [-0.4, -0.2) is 28.3 Å². The van der Waals surface area contributed by atoms with Crippen molar-refractivity contribution in [3.8, 4) is 6.07 Å². The first-order valence-corrected chi connectivity index (χ1v) is 7.72. The molecule has 1 aliphatic carbocycles. The summed E-state index contributed by atoms with van der Waals surface area (Å²) < 4.78 is 0. The summed E-state index contributed by atoms with van der Waals surface area (Å²) in [5.74, 6) is -0.914. The van der Waals surface area contributed by atoms with E-state index in [1.807, 2.05) is 0 Å². The van der Waals surface area contributed by atoms with E-state index in [1.165, 1.54) is 23.9 Å². The van der Waals surface area contributed by atoms with Gasteiger partial charge in [-0.25, -0.2) is 4.79 Å². The molecule has 1 fully saturated rings. The maximum Gasteiger partial charge on any atom is 0.335 e. The van der Waals surface area contributed by atoms with Crippen LogP contribution in [0.25, 0.3) is 0 Å². The third-order valence-corrected chi connectivity index (χ3v) is 4.53. The average molecular weight is 304 g/mol. The topological polar surface area (TPSA) is 90.2 Å². The van der Waals surface area contributed by atoms with Gasteiger partial charge in [0.1, 0.15) is 5.54 Å². The number of benzene rings is 1. The maximum atomic E-state index is 11.9. The summed E-state index contributed by atoms with van der Waals surface area (Å²) in [4.78, 5) is 23.5. The molecule has 5 nitrogen and oxygen atoms in total. The molecular weight excluding hydrogens is 288 g/mol. The van der Waals surface area contributed by atoms with Crippen LogP contribution >= 0.6 is 11.8 Å². The van der Waals surface area contributed by atoms with Gasteiger partial charge in [0.05, 0.1) is 17.4 Å². The summed E-state index contributed by atoms with van der Waals surface area (Å²) in [6.07, 6.45) is 3.37. The SMILES string of the molecule is N#CC1(NC(=O)CSc2ccc(C(=O)O)cc2)CCCC1. The molecule has 0 aliphatic heterocycles. The van der Waals surface area contributed by atoms with E-state index in [2.05, 4.69) is 11.4 Å². The molecule has 1 amide bonds. The Balaban J connectivity index is 1.86. The molecule has 0 saturated heterocycles. The monoisotopic (exact) mass is 304 g/mol. The Morgan fingerprint density at radius 1 is 1.29 bits per heavy atom. The second-order valence-corrected chi connectivity index (χ2v) is 6.12. The van der Waals surface area contributed by atoms with Crippen molar-refractivity contribution in [2.45, 2.75) is 36.1 Å². The van der Waals surface area contributed by atoms with Crippen molar-refractivity contribution in [2.75, 3.05) is 5.75 Å². The number of carboxylic acids is 1. The van der Waals surface area contributed by atoms with Crippen LogP contribution in [0.4, 0.5) is 0 Å². The summed E-state index contributed by atoms with van der Waals surface area (Å²) in [6.45, 7) is 0. The molecular formula is C15H16N2O3S. The fraction of sp³-hybridized carbons (Fsp3) is 0.400. The van der Waals surface area contributed by atoms with Gasteiger partial charge in [-0.05, 0) is 49.9 Å². The number of nitrogens with zero attached hydrogens (tertiary/aromatic N) is 1. The van der Waals surface area contributed by atoms with Crippen LogP contribution in [-0.2, 0) is 4.79 Å². The fourth-order valence-corrected chi connectivity index (χ4v) is 3.09. The van der Waals surface area contributed by atoms with Crippen LogP contribution in [0.1, 0.15) is 36.0 Å². The summed E-state index contributed by atoms with van der Waals surface area (Å²) in [6, 6.07) is 8.60. The van der Waals surface area contributed by atoms with E-state index in [0.717, 1.165) is 17.7 Å². The van der Waals surface area contributed by atoms with Crippen molar-refractivity contribution in [2.24, 2.45) is 0 Å². The third kappa shape index (κ3) is 3.99. The Hall–Kier alpha value is -2.00. The van der Waals surface area contributed by atoms with Gasteiger partial charge in [0.2, 0.25) is 5.91 Å². The highest BCUT2D eigenvalue weighted by Gasteiger charge is 2.35. The van der Waals surface area contributed by atoms with E-state index in [-0.39, 0.29) is 17.2 Å². The van der Waals surface area contributed by atoms with Gasteiger partial charge in [-0.2, -0.15) is 5.26 Å². The highest BCUT2D eigenvalue weighted by molar-refractivity contribution is 8.00. The van der Waals surface area contributed by atoms with Crippen molar-refractivity contribution < 1.29 is 14.7 Å². The normalized spacial score (nSPS) is 16.1. The van der Waals surface area contributed by atoms with Gasteiger partial charge < -0.3 is 10.4 Å². The lowest BCUT2D eigenvalue weighted by Gasteiger charge is -2.21. The number of rotatable bonds is 5. The van der Waals surface area contributed by atoms with Crippen LogP contribution in [0.15, 0.2) is 29.2 Å². The molecule has 0 unspecified atom stereocenters. The highest BCUT2D eigenvalue weighted by Crippen LogP contribution is 2.29. The first kappa shape index (κ1) is 15.4. The number of nitriles is 1. The van der Waals surface area contributed by atoms with Gasteiger partial charge in [-0.15, -0.1) is 11.8 Å². The van der Waals surface area contributed by atoms with Gasteiger partial charge in [-0.3, -0.25) is 4.79 Å². The molecule has 1 aromatic rings. The van der Waals surface area contributed by atoms with Crippen molar-refractivity contribution in [3.05, 3.63) is 29.8 Å². The minimum Gasteiger partial charge on any atom is -0.478 e. The van der Waals surface area contributed by atoms with Crippen LogP contribution in [0.2, 0.25) is 0 Å². The first-order chi connectivity index (χ1) is 10.0. The van der Waals surface area contributed by atoms with Crippen LogP contribution < -0.4 is 5.32 Å². The predicted octanol–water partition coefficient (Wildman–Crippen LogP) is 2.43. The van der Waals surface area contributed by atoms with Gasteiger partial charge in [-0.1, -0.05) is 0 Å². The quantitative estimate of drug-likeness (QED) is 0.815. The lowest BCUT2D eigenvalue weighted by atomic mass is 10.0. The number of aromatic carboxylic acids is 1. The summed E-state index contributed by atoms with van der Waals surface area (Å²) in [7, 11) is 0. The smallest absolute Gasteiger partial charge is 0.335 e. The second kappa shape index (κ2) is 6.64. The van der Waals surface area contributed by atoms with Crippen LogP contribution in [0.5, 0.6) is 0 Å². The average Bonchev–Trinajstić information content (AvgIpc) is 2.94. The molecule has 0 radical (unpaired) electrons. The minimum absolute atomic E-state index is 0.161. The van der Waals surface area contributed by atoms with E-state index in [0.29, 0.717) is 12.8 Å². The Morgan fingerprint density at radius 3 is 2.43 bits per heavy atom. The third-order valence-electron chi connectivity index (χ3n) is 3.52. The predicted molar refractivity (Wildman–Crippen MR) is 79.1 cm³/mol. The molecule has 110 valence electrons. The number of carbonyl (C=O) groups excluding carboxylic acids is 1. The molecule has 0 spiro atoms. The number of carboxylic acid groups (broad SMARTS) is 1. The van der Waals surface area contributed by atoms with Gasteiger partial charge in [0, 0.05) is 4.90 Å². The Morgan fingerprint density at radius 2 is 1.90 bits per heavy atom. The van der Waals surface area contributed by atoms with Crippen molar-refractivity contribution in [1.29, 1.82) is 5.26 Å². The number of hydrogen-bond acceptors (Lipinski definition) is 4. The zero-order chi connectivity index (χ0) is 15.3. The van der Waals surface area contributed by atoms with Crippen molar-refractivity contribution in [1.82, 2.24) is 5.32 Å². The molecule has 0 heterocycles. The highest BCUT2D eigenvalue weighted by atomic mass is 32.2. The van der Waals surface area contributed by atoms with Gasteiger partial charge in [0.25, 0.3) is 0 Å². The molecule has 2 rings (SSSR count). The zero-order valence-electron chi connectivity index (χ0n) is 11.5. The molecule has 0 atom stereocenters. The molecule has 21 heavy (non-hydrogen) atoms. The van der Waals surface area contributed by atoms with Crippen molar-refractivity contribution >= 4 is 23.6 Å². The molecule has 1 aliphatic rings. The standard InChI is InChI=1S/C15H16N2O3S/c16-10-15(7-1-2-8-15)17-13(18)9-21-12-5-3-11(4-6-12)14(19)20/h3-6H,1-2,7-9H2,(H,17,18)(H,19,20). The van der Waals surface area contributed by atoms with E-state index in [4.69, 9.17) is 5.11 Å². The summed E-state index contributed by atoms with van der Waals surface area (Å²) >= 11 is 1.33. The molecule has 1 saturated carbocycles. The molecule has 0 aromatic heterocycles. The number of amides is 1. The van der Waals surface area contributed by atoms with Gasteiger partial charge in [0.15, 0.2) is 0 Å². The number of thioether (sulfide) groups is 1. The Labute approximate surface area is 127 Å². The fourth-order valence-electron chi connectivity index (χ4n) is 2.39. The van der Waals surface area contributed by atoms with Crippen LogP contribution in [0, 0.1) is 11.3 Å². The maximum absolute atomic E-state index is 11.9. The summed E-state index contributed by atoms with van der Waals surface area (Å²) in [5.41, 5.74) is -0.469.